The summed E-state index contributed by atoms with van der Waals surface area (Å²) in [6, 6.07) is 3.31. The monoisotopic (exact) mass is 307 g/mol. The molecule has 1 fully saturated rings. The molecule has 0 bridgehead atoms. The van der Waals surface area contributed by atoms with E-state index in [0.29, 0.717) is 36.0 Å². The van der Waals surface area contributed by atoms with E-state index in [1.54, 1.807) is 19.2 Å². The van der Waals surface area contributed by atoms with Crippen molar-refractivity contribution < 1.29 is 19.4 Å². The fourth-order valence-corrected chi connectivity index (χ4v) is 2.93. The van der Waals surface area contributed by atoms with Gasteiger partial charge < -0.3 is 19.5 Å². The third-order valence-electron chi connectivity index (χ3n) is 4.33. The summed E-state index contributed by atoms with van der Waals surface area (Å²) in [7, 11) is 3.70. The zero-order valence-electron chi connectivity index (χ0n) is 13.6. The molecule has 1 N–H and O–H groups in total. The van der Waals surface area contributed by atoms with Crippen molar-refractivity contribution >= 4 is 5.97 Å². The molecule has 0 aromatic heterocycles. The number of aromatic carboxylic acids is 1. The maximum atomic E-state index is 11.3. The second-order valence-electron chi connectivity index (χ2n) is 5.84. The fourth-order valence-electron chi connectivity index (χ4n) is 2.93. The van der Waals surface area contributed by atoms with Crippen LogP contribution in [-0.2, 0) is 6.42 Å². The molecule has 0 atom stereocenters. The van der Waals surface area contributed by atoms with Gasteiger partial charge in [0.15, 0.2) is 11.5 Å². The molecule has 1 aliphatic heterocycles. The summed E-state index contributed by atoms with van der Waals surface area (Å²) >= 11 is 0. The number of methoxy groups -OCH3 is 1. The highest BCUT2D eigenvalue weighted by molar-refractivity contribution is 5.90. The maximum Gasteiger partial charge on any atom is 0.336 e. The molecule has 1 saturated heterocycles. The molecule has 0 unspecified atom stereocenters. The lowest BCUT2D eigenvalue weighted by molar-refractivity contribution is 0.0695. The van der Waals surface area contributed by atoms with Crippen LogP contribution in [0, 0.1) is 5.92 Å². The lowest BCUT2D eigenvalue weighted by atomic mass is 9.98. The van der Waals surface area contributed by atoms with Gasteiger partial charge in [-0.05, 0) is 57.5 Å². The van der Waals surface area contributed by atoms with E-state index in [1.807, 2.05) is 6.92 Å². The van der Waals surface area contributed by atoms with Crippen LogP contribution in [0.15, 0.2) is 12.1 Å². The summed E-state index contributed by atoms with van der Waals surface area (Å²) in [5, 5.41) is 9.27. The second-order valence-corrected chi connectivity index (χ2v) is 5.84. The number of hydrogen-bond acceptors (Lipinski definition) is 4. The standard InChI is InChI=1S/C17H25NO4/c1-4-13-14(17(19)20)5-6-15(16(13)21-3)22-11-12-7-9-18(2)10-8-12/h5-6,12H,4,7-11H2,1-3H3,(H,19,20). The fraction of sp³-hybridized carbons (Fsp3) is 0.588. The summed E-state index contributed by atoms with van der Waals surface area (Å²) in [6.45, 7) is 4.78. The van der Waals surface area contributed by atoms with E-state index in [-0.39, 0.29) is 5.56 Å². The zero-order valence-corrected chi connectivity index (χ0v) is 13.6. The van der Waals surface area contributed by atoms with Gasteiger partial charge in [0, 0.05) is 5.56 Å². The quantitative estimate of drug-likeness (QED) is 0.875. The molecule has 2 rings (SSSR count). The molecule has 122 valence electrons. The van der Waals surface area contributed by atoms with Gasteiger partial charge in [0.1, 0.15) is 0 Å². The number of hydrogen-bond donors (Lipinski definition) is 1. The Kier molecular flexibility index (Phi) is 5.66. The minimum Gasteiger partial charge on any atom is -0.493 e. The Balaban J connectivity index is 2.12. The molecular formula is C17H25NO4. The van der Waals surface area contributed by atoms with Crippen LogP contribution in [0.1, 0.15) is 35.7 Å². The van der Waals surface area contributed by atoms with E-state index in [2.05, 4.69) is 11.9 Å². The second kappa shape index (κ2) is 7.49. The topological polar surface area (TPSA) is 59.0 Å². The maximum absolute atomic E-state index is 11.3. The van der Waals surface area contributed by atoms with Gasteiger partial charge in [-0.15, -0.1) is 0 Å². The highest BCUT2D eigenvalue weighted by Gasteiger charge is 2.21. The molecule has 0 radical (unpaired) electrons. The third-order valence-corrected chi connectivity index (χ3v) is 4.33. The molecule has 1 heterocycles. The number of rotatable bonds is 6. The number of carbonyl (C=O) groups is 1. The number of benzene rings is 1. The van der Waals surface area contributed by atoms with Crippen LogP contribution >= 0.6 is 0 Å². The number of carboxylic acids is 1. The van der Waals surface area contributed by atoms with Gasteiger partial charge in [0.05, 0.1) is 19.3 Å². The predicted molar refractivity (Wildman–Crippen MR) is 85.0 cm³/mol. The van der Waals surface area contributed by atoms with Crippen LogP contribution in [-0.4, -0.2) is 49.8 Å². The van der Waals surface area contributed by atoms with Crippen molar-refractivity contribution in [3.63, 3.8) is 0 Å². The molecular weight excluding hydrogens is 282 g/mol. The molecule has 0 saturated carbocycles. The van der Waals surface area contributed by atoms with E-state index in [1.165, 1.54) is 0 Å². The molecule has 1 aromatic carbocycles. The average Bonchev–Trinajstić information content (AvgIpc) is 2.53. The third kappa shape index (κ3) is 3.71. The first-order chi connectivity index (χ1) is 10.6. The molecule has 0 amide bonds. The van der Waals surface area contributed by atoms with Gasteiger partial charge in [0.25, 0.3) is 0 Å². The molecule has 0 spiro atoms. The van der Waals surface area contributed by atoms with E-state index >= 15 is 0 Å². The molecule has 5 heteroatoms. The van der Waals surface area contributed by atoms with E-state index in [0.717, 1.165) is 25.9 Å². The summed E-state index contributed by atoms with van der Waals surface area (Å²) in [5.41, 5.74) is 0.974. The smallest absolute Gasteiger partial charge is 0.336 e. The van der Waals surface area contributed by atoms with Crippen molar-refractivity contribution in [3.05, 3.63) is 23.3 Å². The highest BCUT2D eigenvalue weighted by Crippen LogP contribution is 2.34. The average molecular weight is 307 g/mol. The number of carboxylic acid groups (broad SMARTS) is 1. The van der Waals surface area contributed by atoms with Crippen LogP contribution in [0.5, 0.6) is 11.5 Å². The Morgan fingerprint density at radius 3 is 2.59 bits per heavy atom. The Morgan fingerprint density at radius 2 is 2.05 bits per heavy atom. The van der Waals surface area contributed by atoms with Crippen molar-refractivity contribution in [1.82, 2.24) is 4.90 Å². The summed E-state index contributed by atoms with van der Waals surface area (Å²) < 4.78 is 11.4. The number of piperidine rings is 1. The highest BCUT2D eigenvalue weighted by atomic mass is 16.5. The van der Waals surface area contributed by atoms with Crippen LogP contribution in [0.4, 0.5) is 0 Å². The normalized spacial score (nSPS) is 16.5. The first-order valence-electron chi connectivity index (χ1n) is 7.81. The number of nitrogens with zero attached hydrogens (tertiary/aromatic N) is 1. The van der Waals surface area contributed by atoms with Crippen molar-refractivity contribution in [1.29, 1.82) is 0 Å². The minimum absolute atomic E-state index is 0.283. The van der Waals surface area contributed by atoms with E-state index in [4.69, 9.17) is 9.47 Å². The summed E-state index contributed by atoms with van der Waals surface area (Å²) in [6.07, 6.45) is 2.86. The Hall–Kier alpha value is -1.75. The predicted octanol–water partition coefficient (Wildman–Crippen LogP) is 2.68. The Labute approximate surface area is 131 Å². The first-order valence-corrected chi connectivity index (χ1v) is 7.81. The van der Waals surface area contributed by atoms with Crippen molar-refractivity contribution in [2.75, 3.05) is 33.9 Å². The van der Waals surface area contributed by atoms with Gasteiger partial charge in [-0.2, -0.15) is 0 Å². The van der Waals surface area contributed by atoms with Gasteiger partial charge in [-0.25, -0.2) is 4.79 Å². The van der Waals surface area contributed by atoms with Crippen molar-refractivity contribution in [2.45, 2.75) is 26.2 Å². The zero-order chi connectivity index (χ0) is 16.1. The SMILES string of the molecule is CCc1c(C(=O)O)ccc(OCC2CCN(C)CC2)c1OC. The lowest BCUT2D eigenvalue weighted by Gasteiger charge is -2.29. The van der Waals surface area contributed by atoms with E-state index in [9.17, 15) is 9.90 Å². The van der Waals surface area contributed by atoms with Crippen molar-refractivity contribution in [3.8, 4) is 11.5 Å². The molecule has 22 heavy (non-hydrogen) atoms. The van der Waals surface area contributed by atoms with E-state index < -0.39 is 5.97 Å². The summed E-state index contributed by atoms with van der Waals surface area (Å²) in [5.74, 6) is 0.806. The molecule has 0 aliphatic carbocycles. The minimum atomic E-state index is -0.933. The summed E-state index contributed by atoms with van der Waals surface area (Å²) in [4.78, 5) is 13.6. The van der Waals surface area contributed by atoms with Gasteiger partial charge in [0.2, 0.25) is 0 Å². The van der Waals surface area contributed by atoms with Gasteiger partial charge in [-0.1, -0.05) is 6.92 Å². The van der Waals surface area contributed by atoms with Crippen LogP contribution in [0.25, 0.3) is 0 Å². The number of likely N-dealkylation sites (tertiary alicyclic amines) is 1. The molecule has 1 aromatic rings. The lowest BCUT2D eigenvalue weighted by Crippen LogP contribution is -2.32. The van der Waals surface area contributed by atoms with Crippen LogP contribution < -0.4 is 9.47 Å². The van der Waals surface area contributed by atoms with Crippen LogP contribution in [0.2, 0.25) is 0 Å². The Bertz CT molecular complexity index is 522. The van der Waals surface area contributed by atoms with Gasteiger partial charge in [-0.3, -0.25) is 0 Å². The van der Waals surface area contributed by atoms with Crippen molar-refractivity contribution in [2.24, 2.45) is 5.92 Å². The molecule has 1 aliphatic rings. The number of ether oxygens (including phenoxy) is 2. The van der Waals surface area contributed by atoms with Crippen LogP contribution in [0.3, 0.4) is 0 Å². The largest absolute Gasteiger partial charge is 0.493 e. The Morgan fingerprint density at radius 1 is 1.36 bits per heavy atom. The van der Waals surface area contributed by atoms with Gasteiger partial charge >= 0.3 is 5.97 Å². The molecule has 5 nitrogen and oxygen atoms in total. The first kappa shape index (κ1) is 16.6.